The Morgan fingerprint density at radius 2 is 2.33 bits per heavy atom. The Morgan fingerprint density at radius 3 is 3.00 bits per heavy atom. The van der Waals surface area contributed by atoms with Crippen LogP contribution in [0.2, 0.25) is 0 Å². The van der Waals surface area contributed by atoms with Crippen molar-refractivity contribution in [2.24, 2.45) is 0 Å². The number of H-pyrrole nitrogens is 1. The molecule has 1 aliphatic heterocycles. The van der Waals surface area contributed by atoms with Crippen molar-refractivity contribution in [3.8, 4) is 0 Å². The maximum Gasteiger partial charge on any atom is 0.107 e. The molecule has 84 valence electrons. The SMILES string of the molecule is CN1CCC(NCCc2ncc[nH]2)CC1. The molecule has 0 bridgehead atoms. The molecule has 1 fully saturated rings. The van der Waals surface area contributed by atoms with Crippen molar-refractivity contribution in [3.05, 3.63) is 18.2 Å². The van der Waals surface area contributed by atoms with Crippen LogP contribution < -0.4 is 5.32 Å². The van der Waals surface area contributed by atoms with E-state index in [2.05, 4.69) is 27.2 Å². The number of hydrogen-bond acceptors (Lipinski definition) is 3. The first kappa shape index (κ1) is 10.6. The molecule has 0 spiro atoms. The summed E-state index contributed by atoms with van der Waals surface area (Å²) >= 11 is 0. The normalized spacial score (nSPS) is 19.5. The van der Waals surface area contributed by atoms with Crippen LogP contribution >= 0.6 is 0 Å². The third-order valence-corrected chi connectivity index (χ3v) is 3.07. The van der Waals surface area contributed by atoms with E-state index >= 15 is 0 Å². The molecule has 2 N–H and O–H groups in total. The summed E-state index contributed by atoms with van der Waals surface area (Å²) in [4.78, 5) is 9.72. The van der Waals surface area contributed by atoms with Crippen LogP contribution in [-0.4, -0.2) is 47.6 Å². The molecule has 2 heterocycles. The molecule has 0 atom stereocenters. The van der Waals surface area contributed by atoms with Gasteiger partial charge in [-0.05, 0) is 33.0 Å². The first-order valence-corrected chi connectivity index (χ1v) is 5.75. The van der Waals surface area contributed by atoms with Crippen LogP contribution in [0.4, 0.5) is 0 Å². The molecule has 1 aromatic rings. The topological polar surface area (TPSA) is 44.0 Å². The van der Waals surface area contributed by atoms with Gasteiger partial charge >= 0.3 is 0 Å². The van der Waals surface area contributed by atoms with Gasteiger partial charge in [0.2, 0.25) is 0 Å². The minimum atomic E-state index is 0.705. The fourth-order valence-corrected chi connectivity index (χ4v) is 2.04. The lowest BCUT2D eigenvalue weighted by molar-refractivity contribution is 0.235. The van der Waals surface area contributed by atoms with E-state index < -0.39 is 0 Å². The zero-order chi connectivity index (χ0) is 10.5. The van der Waals surface area contributed by atoms with E-state index in [0.29, 0.717) is 6.04 Å². The van der Waals surface area contributed by atoms with Gasteiger partial charge < -0.3 is 15.2 Å². The molecule has 4 heteroatoms. The van der Waals surface area contributed by atoms with Crippen molar-refractivity contribution in [2.45, 2.75) is 25.3 Å². The molecule has 0 aromatic carbocycles. The van der Waals surface area contributed by atoms with Crippen LogP contribution in [0.25, 0.3) is 0 Å². The smallest absolute Gasteiger partial charge is 0.107 e. The first-order valence-electron chi connectivity index (χ1n) is 5.75. The van der Waals surface area contributed by atoms with Gasteiger partial charge in [-0.2, -0.15) is 0 Å². The fourth-order valence-electron chi connectivity index (χ4n) is 2.04. The van der Waals surface area contributed by atoms with E-state index in [0.717, 1.165) is 18.8 Å². The Bertz CT molecular complexity index is 262. The number of aromatic amines is 1. The van der Waals surface area contributed by atoms with Crippen LogP contribution in [0.5, 0.6) is 0 Å². The summed E-state index contributed by atoms with van der Waals surface area (Å²) in [6.45, 7) is 3.47. The van der Waals surface area contributed by atoms with Gasteiger partial charge in [0.1, 0.15) is 5.82 Å². The Balaban J connectivity index is 1.62. The molecular formula is C11H20N4. The molecule has 2 rings (SSSR count). The number of likely N-dealkylation sites (tertiary alicyclic amines) is 1. The van der Waals surface area contributed by atoms with Gasteiger partial charge in [0, 0.05) is 31.4 Å². The average Bonchev–Trinajstić information content (AvgIpc) is 2.74. The van der Waals surface area contributed by atoms with Gasteiger partial charge in [0.05, 0.1) is 0 Å². The molecule has 1 aliphatic rings. The van der Waals surface area contributed by atoms with Crippen LogP contribution in [0.1, 0.15) is 18.7 Å². The number of imidazole rings is 1. The average molecular weight is 208 g/mol. The molecule has 0 amide bonds. The lowest BCUT2D eigenvalue weighted by Crippen LogP contribution is -2.41. The van der Waals surface area contributed by atoms with Crippen LogP contribution in [0.15, 0.2) is 12.4 Å². The van der Waals surface area contributed by atoms with Crippen molar-refractivity contribution >= 4 is 0 Å². The molecule has 1 saturated heterocycles. The van der Waals surface area contributed by atoms with Crippen LogP contribution in [0.3, 0.4) is 0 Å². The minimum absolute atomic E-state index is 0.705. The number of nitrogens with zero attached hydrogens (tertiary/aromatic N) is 2. The molecular weight excluding hydrogens is 188 g/mol. The molecule has 1 aromatic heterocycles. The number of piperidine rings is 1. The lowest BCUT2D eigenvalue weighted by atomic mass is 10.1. The molecule has 0 saturated carbocycles. The molecule has 4 nitrogen and oxygen atoms in total. The molecule has 15 heavy (non-hydrogen) atoms. The monoisotopic (exact) mass is 208 g/mol. The molecule has 0 radical (unpaired) electrons. The maximum atomic E-state index is 4.21. The Kier molecular flexibility index (Phi) is 3.75. The zero-order valence-electron chi connectivity index (χ0n) is 9.37. The van der Waals surface area contributed by atoms with Gasteiger partial charge in [-0.1, -0.05) is 0 Å². The zero-order valence-corrected chi connectivity index (χ0v) is 9.37. The summed E-state index contributed by atoms with van der Waals surface area (Å²) in [5, 5.41) is 3.59. The number of rotatable bonds is 4. The van der Waals surface area contributed by atoms with Gasteiger partial charge in [-0.3, -0.25) is 0 Å². The summed E-state index contributed by atoms with van der Waals surface area (Å²) in [6.07, 6.45) is 7.23. The summed E-state index contributed by atoms with van der Waals surface area (Å²) in [5.74, 6) is 1.08. The van der Waals surface area contributed by atoms with E-state index in [4.69, 9.17) is 0 Å². The highest BCUT2D eigenvalue weighted by atomic mass is 15.1. The second kappa shape index (κ2) is 5.28. The summed E-state index contributed by atoms with van der Waals surface area (Å²) in [6, 6.07) is 0.705. The predicted octanol–water partition coefficient (Wildman–Crippen LogP) is 0.636. The third kappa shape index (κ3) is 3.32. The van der Waals surface area contributed by atoms with Crippen molar-refractivity contribution in [2.75, 3.05) is 26.7 Å². The third-order valence-electron chi connectivity index (χ3n) is 3.07. The van der Waals surface area contributed by atoms with E-state index in [-0.39, 0.29) is 0 Å². The highest BCUT2D eigenvalue weighted by Gasteiger charge is 2.15. The standard InChI is InChI=1S/C11H20N4/c1-15-8-3-10(4-9-15)12-5-2-11-13-6-7-14-11/h6-7,10,12H,2-5,8-9H2,1H3,(H,13,14). The second-order valence-electron chi connectivity index (χ2n) is 4.32. The minimum Gasteiger partial charge on any atom is -0.349 e. The molecule has 0 unspecified atom stereocenters. The van der Waals surface area contributed by atoms with Crippen LogP contribution in [0, 0.1) is 0 Å². The number of hydrogen-bond donors (Lipinski definition) is 2. The lowest BCUT2D eigenvalue weighted by Gasteiger charge is -2.29. The van der Waals surface area contributed by atoms with E-state index in [9.17, 15) is 0 Å². The van der Waals surface area contributed by atoms with E-state index in [1.54, 1.807) is 0 Å². The second-order valence-corrected chi connectivity index (χ2v) is 4.32. The van der Waals surface area contributed by atoms with Gasteiger partial charge in [-0.15, -0.1) is 0 Å². The van der Waals surface area contributed by atoms with E-state index in [1.807, 2.05) is 12.4 Å². The fraction of sp³-hybridized carbons (Fsp3) is 0.727. The van der Waals surface area contributed by atoms with Crippen molar-refractivity contribution < 1.29 is 0 Å². The van der Waals surface area contributed by atoms with Gasteiger partial charge in [0.25, 0.3) is 0 Å². The highest BCUT2D eigenvalue weighted by Crippen LogP contribution is 2.07. The Morgan fingerprint density at radius 1 is 1.53 bits per heavy atom. The predicted molar refractivity (Wildman–Crippen MR) is 60.8 cm³/mol. The van der Waals surface area contributed by atoms with Crippen molar-refractivity contribution in [3.63, 3.8) is 0 Å². The Hall–Kier alpha value is -0.870. The van der Waals surface area contributed by atoms with Crippen molar-refractivity contribution in [1.82, 2.24) is 20.2 Å². The maximum absolute atomic E-state index is 4.21. The summed E-state index contributed by atoms with van der Waals surface area (Å²) in [7, 11) is 2.19. The highest BCUT2D eigenvalue weighted by molar-refractivity contribution is 4.88. The molecule has 0 aliphatic carbocycles. The quantitative estimate of drug-likeness (QED) is 0.763. The largest absolute Gasteiger partial charge is 0.349 e. The van der Waals surface area contributed by atoms with E-state index in [1.165, 1.54) is 25.9 Å². The van der Waals surface area contributed by atoms with Gasteiger partial charge in [0.15, 0.2) is 0 Å². The summed E-state index contributed by atoms with van der Waals surface area (Å²) < 4.78 is 0. The van der Waals surface area contributed by atoms with Crippen LogP contribution in [-0.2, 0) is 6.42 Å². The number of aromatic nitrogens is 2. The van der Waals surface area contributed by atoms with Crippen molar-refractivity contribution in [1.29, 1.82) is 0 Å². The Labute approximate surface area is 91.1 Å². The van der Waals surface area contributed by atoms with Gasteiger partial charge in [-0.25, -0.2) is 4.98 Å². The summed E-state index contributed by atoms with van der Waals surface area (Å²) in [5.41, 5.74) is 0. The first-order chi connectivity index (χ1) is 7.34. The number of nitrogens with one attached hydrogen (secondary N) is 2.